The number of hydrogen-bond donors (Lipinski definition) is 3. The quantitative estimate of drug-likeness (QED) is 0.801. The lowest BCUT2D eigenvalue weighted by Gasteiger charge is -2.17. The van der Waals surface area contributed by atoms with Crippen molar-refractivity contribution in [1.29, 1.82) is 0 Å². The van der Waals surface area contributed by atoms with Gasteiger partial charge >= 0.3 is 0 Å². The van der Waals surface area contributed by atoms with Gasteiger partial charge in [-0.1, -0.05) is 35.3 Å². The molecule has 1 atom stereocenters. The van der Waals surface area contributed by atoms with Crippen LogP contribution in [0, 0.1) is 0 Å². The van der Waals surface area contributed by atoms with Crippen molar-refractivity contribution >= 4 is 29.1 Å². The molecular weight excluding hydrogens is 313 g/mol. The van der Waals surface area contributed by atoms with E-state index >= 15 is 0 Å². The first-order chi connectivity index (χ1) is 9.90. The van der Waals surface area contributed by atoms with Crippen molar-refractivity contribution in [3.63, 3.8) is 0 Å². The lowest BCUT2D eigenvalue weighted by atomic mass is 10.1. The maximum absolute atomic E-state index is 12.1. The maximum Gasteiger partial charge on any atom is 0.259 e. The molecule has 1 unspecified atom stereocenters. The Hall–Kier alpha value is -1.91. The summed E-state index contributed by atoms with van der Waals surface area (Å²) in [6, 6.07) is 8.65. The molecule has 2 aromatic carbocycles. The second-order valence-electron chi connectivity index (χ2n) is 4.53. The molecule has 0 aliphatic carbocycles. The predicted octanol–water partition coefficient (Wildman–Crippen LogP) is 3.90. The van der Waals surface area contributed by atoms with Gasteiger partial charge in [0.2, 0.25) is 0 Å². The van der Waals surface area contributed by atoms with Crippen LogP contribution < -0.4 is 5.32 Å². The number of benzene rings is 2. The molecule has 0 heterocycles. The van der Waals surface area contributed by atoms with E-state index in [0.29, 0.717) is 15.6 Å². The molecule has 110 valence electrons. The van der Waals surface area contributed by atoms with Gasteiger partial charge < -0.3 is 15.5 Å². The molecule has 0 fully saturated rings. The summed E-state index contributed by atoms with van der Waals surface area (Å²) >= 11 is 11.9. The van der Waals surface area contributed by atoms with Gasteiger partial charge in [0.1, 0.15) is 17.1 Å². The van der Waals surface area contributed by atoms with Gasteiger partial charge in [0.05, 0.1) is 6.04 Å². The minimum absolute atomic E-state index is 0.172. The zero-order chi connectivity index (χ0) is 15.6. The molecule has 21 heavy (non-hydrogen) atoms. The number of aromatic hydroxyl groups is 2. The van der Waals surface area contributed by atoms with Crippen molar-refractivity contribution < 1.29 is 15.0 Å². The number of rotatable bonds is 3. The van der Waals surface area contributed by atoms with Crippen LogP contribution in [0.4, 0.5) is 0 Å². The molecule has 4 nitrogen and oxygen atoms in total. The maximum atomic E-state index is 12.1. The highest BCUT2D eigenvalue weighted by atomic mass is 35.5. The third-order valence-electron chi connectivity index (χ3n) is 3.02. The van der Waals surface area contributed by atoms with Gasteiger partial charge in [0.15, 0.2) is 0 Å². The zero-order valence-electron chi connectivity index (χ0n) is 11.1. The van der Waals surface area contributed by atoms with E-state index in [4.69, 9.17) is 23.2 Å². The molecule has 2 aromatic rings. The third kappa shape index (κ3) is 3.40. The molecule has 0 aliphatic rings. The zero-order valence-corrected chi connectivity index (χ0v) is 12.6. The summed E-state index contributed by atoms with van der Waals surface area (Å²) < 4.78 is 0. The number of phenolic OH excluding ortho intramolecular Hbond substituents is 2. The van der Waals surface area contributed by atoms with Crippen LogP contribution in [0.25, 0.3) is 0 Å². The first kappa shape index (κ1) is 15.5. The van der Waals surface area contributed by atoms with Gasteiger partial charge in [0.25, 0.3) is 5.91 Å². The number of amides is 1. The lowest BCUT2D eigenvalue weighted by molar-refractivity contribution is 0.0934. The Morgan fingerprint density at radius 2 is 1.76 bits per heavy atom. The molecule has 0 bridgehead atoms. The number of nitrogens with one attached hydrogen (secondary N) is 1. The van der Waals surface area contributed by atoms with Crippen molar-refractivity contribution in [3.05, 3.63) is 57.6 Å². The average Bonchev–Trinajstić information content (AvgIpc) is 2.37. The van der Waals surface area contributed by atoms with Crippen LogP contribution >= 0.6 is 23.2 Å². The van der Waals surface area contributed by atoms with Crippen molar-refractivity contribution in [2.45, 2.75) is 13.0 Å². The molecule has 0 spiro atoms. The van der Waals surface area contributed by atoms with Crippen LogP contribution in [0.2, 0.25) is 10.0 Å². The van der Waals surface area contributed by atoms with Crippen LogP contribution in [-0.4, -0.2) is 16.1 Å². The molecule has 0 saturated heterocycles. The summed E-state index contributed by atoms with van der Waals surface area (Å²) in [5.74, 6) is -1.17. The van der Waals surface area contributed by atoms with E-state index in [1.165, 1.54) is 18.2 Å². The van der Waals surface area contributed by atoms with E-state index in [9.17, 15) is 15.0 Å². The molecule has 6 heteroatoms. The Balaban J connectivity index is 2.23. The van der Waals surface area contributed by atoms with E-state index in [0.717, 1.165) is 0 Å². The Kier molecular flexibility index (Phi) is 4.60. The number of carbonyl (C=O) groups is 1. The third-order valence-corrected chi connectivity index (χ3v) is 3.59. The van der Waals surface area contributed by atoms with Gasteiger partial charge in [-0.15, -0.1) is 0 Å². The molecule has 2 rings (SSSR count). The molecule has 3 N–H and O–H groups in total. The van der Waals surface area contributed by atoms with Gasteiger partial charge in [-0.2, -0.15) is 0 Å². The Bertz CT molecular complexity index is 668. The summed E-state index contributed by atoms with van der Waals surface area (Å²) in [5.41, 5.74) is 0.513. The van der Waals surface area contributed by atoms with E-state index in [-0.39, 0.29) is 17.1 Å². The molecule has 0 aliphatic heterocycles. The average molecular weight is 326 g/mol. The van der Waals surface area contributed by atoms with Crippen molar-refractivity contribution in [2.24, 2.45) is 0 Å². The molecule has 0 aromatic heterocycles. The highest BCUT2D eigenvalue weighted by Gasteiger charge is 2.19. The predicted molar refractivity (Wildman–Crippen MR) is 82.1 cm³/mol. The minimum atomic E-state index is -0.593. The Labute approximate surface area is 131 Å². The van der Waals surface area contributed by atoms with Gasteiger partial charge in [-0.25, -0.2) is 0 Å². The monoisotopic (exact) mass is 325 g/mol. The second-order valence-corrected chi connectivity index (χ2v) is 5.38. The van der Waals surface area contributed by atoms with E-state index < -0.39 is 11.9 Å². The second kappa shape index (κ2) is 6.24. The van der Waals surface area contributed by atoms with Crippen molar-refractivity contribution in [3.8, 4) is 11.5 Å². The van der Waals surface area contributed by atoms with Crippen LogP contribution in [0.3, 0.4) is 0 Å². The lowest BCUT2D eigenvalue weighted by Crippen LogP contribution is -2.27. The summed E-state index contributed by atoms with van der Waals surface area (Å²) in [4.78, 5) is 12.1. The summed E-state index contributed by atoms with van der Waals surface area (Å²) in [6.45, 7) is 1.74. The van der Waals surface area contributed by atoms with Crippen molar-refractivity contribution in [1.82, 2.24) is 5.32 Å². The number of phenols is 2. The van der Waals surface area contributed by atoms with Gasteiger partial charge in [-0.05, 0) is 36.8 Å². The standard InChI is InChI=1S/C15H13Cl2NO3/c1-8(10-6-5-9(16)7-11(10)17)18-15(21)14-12(19)3-2-4-13(14)20/h2-8,19-20H,1H3,(H,18,21). The minimum Gasteiger partial charge on any atom is -0.507 e. The summed E-state index contributed by atoms with van der Waals surface area (Å²) in [6.07, 6.45) is 0. The molecule has 0 radical (unpaired) electrons. The SMILES string of the molecule is CC(NC(=O)c1c(O)cccc1O)c1ccc(Cl)cc1Cl. The Morgan fingerprint density at radius 1 is 1.14 bits per heavy atom. The fourth-order valence-corrected chi connectivity index (χ4v) is 2.53. The molecular formula is C15H13Cl2NO3. The largest absolute Gasteiger partial charge is 0.507 e. The number of hydrogen-bond acceptors (Lipinski definition) is 3. The van der Waals surface area contributed by atoms with Crippen molar-refractivity contribution in [2.75, 3.05) is 0 Å². The molecule has 1 amide bonds. The summed E-state index contributed by atoms with van der Waals surface area (Å²) in [7, 11) is 0. The Morgan fingerprint density at radius 3 is 2.33 bits per heavy atom. The fraction of sp³-hybridized carbons (Fsp3) is 0.133. The van der Waals surface area contributed by atoms with Gasteiger partial charge in [0, 0.05) is 10.0 Å². The van der Waals surface area contributed by atoms with Crippen LogP contribution in [0.15, 0.2) is 36.4 Å². The van der Waals surface area contributed by atoms with E-state index in [1.807, 2.05) is 0 Å². The summed E-state index contributed by atoms with van der Waals surface area (Å²) in [5, 5.41) is 22.9. The smallest absolute Gasteiger partial charge is 0.259 e. The normalized spacial score (nSPS) is 12.0. The molecule has 0 saturated carbocycles. The van der Waals surface area contributed by atoms with Crippen LogP contribution in [0.1, 0.15) is 28.9 Å². The number of halogens is 2. The van der Waals surface area contributed by atoms with Crippen LogP contribution in [-0.2, 0) is 0 Å². The highest BCUT2D eigenvalue weighted by Crippen LogP contribution is 2.29. The first-order valence-electron chi connectivity index (χ1n) is 6.17. The number of carbonyl (C=O) groups excluding carboxylic acids is 1. The van der Waals surface area contributed by atoms with Crippen LogP contribution in [0.5, 0.6) is 11.5 Å². The van der Waals surface area contributed by atoms with E-state index in [2.05, 4.69) is 5.32 Å². The first-order valence-corrected chi connectivity index (χ1v) is 6.92. The highest BCUT2D eigenvalue weighted by molar-refractivity contribution is 6.35. The van der Waals surface area contributed by atoms with E-state index in [1.54, 1.807) is 25.1 Å². The topological polar surface area (TPSA) is 69.6 Å². The fourth-order valence-electron chi connectivity index (χ4n) is 1.96. The van der Waals surface area contributed by atoms with Gasteiger partial charge in [-0.3, -0.25) is 4.79 Å².